The molecule has 0 bridgehead atoms. The zero-order valence-electron chi connectivity index (χ0n) is 14.0. The lowest BCUT2D eigenvalue weighted by Gasteiger charge is -2.46. The Kier molecular flexibility index (Phi) is 7.27. The van der Waals surface area contributed by atoms with Gasteiger partial charge in [0.1, 0.15) is 48.8 Å². The number of aliphatic hydroxyl groups is 7. The molecule has 10 atom stereocenters. The van der Waals surface area contributed by atoms with Gasteiger partial charge in [0.05, 0.1) is 13.2 Å². The van der Waals surface area contributed by atoms with Crippen molar-refractivity contribution in [1.82, 2.24) is 5.32 Å². The summed E-state index contributed by atoms with van der Waals surface area (Å²) in [5.74, 6) is -0.564. The van der Waals surface area contributed by atoms with Gasteiger partial charge in [-0.3, -0.25) is 4.79 Å². The van der Waals surface area contributed by atoms with Gasteiger partial charge in [-0.2, -0.15) is 0 Å². The van der Waals surface area contributed by atoms with Gasteiger partial charge < -0.3 is 55.3 Å². The maximum absolute atomic E-state index is 11.2. The minimum absolute atomic E-state index is 0.564. The predicted molar refractivity (Wildman–Crippen MR) is 80.2 cm³/mol. The predicted octanol–water partition coefficient (Wildman–Crippen LogP) is -5.25. The number of nitrogens with one attached hydrogen (secondary N) is 1. The van der Waals surface area contributed by atoms with Crippen molar-refractivity contribution in [2.75, 3.05) is 13.2 Å². The topological polar surface area (TPSA) is 198 Å². The van der Waals surface area contributed by atoms with Crippen molar-refractivity contribution in [2.24, 2.45) is 0 Å². The van der Waals surface area contributed by atoms with Crippen LogP contribution in [0.3, 0.4) is 0 Å². The van der Waals surface area contributed by atoms with E-state index in [-0.39, 0.29) is 0 Å². The number of ether oxygens (including phenoxy) is 3. The second-order valence-electron chi connectivity index (χ2n) is 6.26. The lowest BCUT2D eigenvalue weighted by Crippen LogP contribution is -2.67. The maximum atomic E-state index is 11.2. The van der Waals surface area contributed by atoms with Crippen molar-refractivity contribution < 1.29 is 54.8 Å². The molecule has 2 rings (SSSR count). The van der Waals surface area contributed by atoms with Crippen LogP contribution in [0.15, 0.2) is 0 Å². The third-order valence-corrected chi connectivity index (χ3v) is 4.38. The molecular formula is C14H25NO11. The van der Waals surface area contributed by atoms with Crippen LogP contribution < -0.4 is 5.32 Å². The third-order valence-electron chi connectivity index (χ3n) is 4.38. The second kappa shape index (κ2) is 8.84. The summed E-state index contributed by atoms with van der Waals surface area (Å²) in [6.07, 6.45) is -13.6. The van der Waals surface area contributed by atoms with E-state index in [2.05, 4.69) is 5.32 Å². The largest absolute Gasteiger partial charge is 0.394 e. The maximum Gasteiger partial charge on any atom is 0.217 e. The van der Waals surface area contributed by atoms with Crippen molar-refractivity contribution in [2.45, 2.75) is 68.3 Å². The van der Waals surface area contributed by atoms with Gasteiger partial charge >= 0.3 is 0 Å². The fourth-order valence-electron chi connectivity index (χ4n) is 2.98. The molecule has 0 spiro atoms. The summed E-state index contributed by atoms with van der Waals surface area (Å²) in [7, 11) is 0. The number of carbonyl (C=O) groups is 1. The van der Waals surface area contributed by atoms with Crippen LogP contribution in [-0.2, 0) is 19.0 Å². The first-order valence-electron chi connectivity index (χ1n) is 8.06. The molecule has 12 heteroatoms. The number of rotatable bonds is 5. The molecule has 0 aliphatic carbocycles. The molecule has 0 aromatic heterocycles. The molecule has 26 heavy (non-hydrogen) atoms. The Morgan fingerprint density at radius 2 is 1.54 bits per heavy atom. The number of hydrogen-bond acceptors (Lipinski definition) is 11. The van der Waals surface area contributed by atoms with Gasteiger partial charge in [-0.05, 0) is 0 Å². The van der Waals surface area contributed by atoms with Gasteiger partial charge in [0.25, 0.3) is 0 Å². The zero-order chi connectivity index (χ0) is 19.6. The van der Waals surface area contributed by atoms with Gasteiger partial charge in [-0.15, -0.1) is 0 Å². The molecule has 2 aliphatic heterocycles. The molecule has 2 heterocycles. The van der Waals surface area contributed by atoms with Crippen molar-refractivity contribution in [1.29, 1.82) is 0 Å². The molecule has 2 aliphatic rings. The van der Waals surface area contributed by atoms with E-state index in [1.54, 1.807) is 0 Å². The molecule has 4 unspecified atom stereocenters. The lowest BCUT2D eigenvalue weighted by molar-refractivity contribution is -0.345. The molecule has 0 saturated carbocycles. The van der Waals surface area contributed by atoms with Gasteiger partial charge in [0.2, 0.25) is 5.91 Å². The number of aliphatic hydroxyl groups excluding tert-OH is 7. The average Bonchev–Trinajstić information content (AvgIpc) is 2.60. The van der Waals surface area contributed by atoms with E-state index in [1.807, 2.05) is 0 Å². The lowest BCUT2D eigenvalue weighted by atomic mass is 9.95. The van der Waals surface area contributed by atoms with Gasteiger partial charge in [0.15, 0.2) is 12.6 Å². The highest BCUT2D eigenvalue weighted by atomic mass is 16.7. The van der Waals surface area contributed by atoms with Crippen LogP contribution in [-0.4, -0.2) is 116 Å². The molecule has 152 valence electrons. The van der Waals surface area contributed by atoms with E-state index < -0.39 is 80.5 Å². The summed E-state index contributed by atoms with van der Waals surface area (Å²) >= 11 is 0. The van der Waals surface area contributed by atoms with Crippen molar-refractivity contribution >= 4 is 5.91 Å². The van der Waals surface area contributed by atoms with Crippen molar-refractivity contribution in [3.63, 3.8) is 0 Å². The molecule has 8 N–H and O–H groups in total. The summed E-state index contributed by atoms with van der Waals surface area (Å²) < 4.78 is 15.7. The van der Waals surface area contributed by atoms with Crippen LogP contribution >= 0.6 is 0 Å². The van der Waals surface area contributed by atoms with E-state index in [4.69, 9.17) is 14.2 Å². The average molecular weight is 383 g/mol. The van der Waals surface area contributed by atoms with Crippen molar-refractivity contribution in [3.8, 4) is 0 Å². The van der Waals surface area contributed by atoms with Gasteiger partial charge in [-0.1, -0.05) is 0 Å². The van der Waals surface area contributed by atoms with Crippen LogP contribution in [0.4, 0.5) is 0 Å². The Labute approximate surface area is 148 Å². The molecule has 0 aromatic rings. The van der Waals surface area contributed by atoms with Crippen LogP contribution in [0.25, 0.3) is 0 Å². The Hall–Kier alpha value is -0.930. The summed E-state index contributed by atoms with van der Waals surface area (Å²) in [6, 6.07) is -1.29. The Morgan fingerprint density at radius 1 is 0.923 bits per heavy atom. The highest BCUT2D eigenvalue weighted by Gasteiger charge is 2.50. The first-order valence-corrected chi connectivity index (χ1v) is 8.06. The Bertz CT molecular complexity index is 478. The number of hydrogen-bond donors (Lipinski definition) is 8. The van der Waals surface area contributed by atoms with Crippen molar-refractivity contribution in [3.05, 3.63) is 0 Å². The molecule has 12 nitrogen and oxygen atoms in total. The number of carbonyl (C=O) groups excluding carboxylic acids is 1. The quantitative estimate of drug-likeness (QED) is 0.226. The normalized spacial score (nSPS) is 46.8. The summed E-state index contributed by atoms with van der Waals surface area (Å²) in [4.78, 5) is 11.2. The minimum atomic E-state index is -1.73. The first kappa shape index (κ1) is 21.4. The van der Waals surface area contributed by atoms with E-state index in [0.29, 0.717) is 0 Å². The van der Waals surface area contributed by atoms with Crippen LogP contribution in [0.2, 0.25) is 0 Å². The van der Waals surface area contributed by atoms with Gasteiger partial charge in [-0.25, -0.2) is 0 Å². The molecule has 2 saturated heterocycles. The number of amides is 1. The van der Waals surface area contributed by atoms with Crippen LogP contribution in [0, 0.1) is 0 Å². The fraction of sp³-hybridized carbons (Fsp3) is 0.929. The van der Waals surface area contributed by atoms with E-state index in [0.717, 1.165) is 6.92 Å². The SMILES string of the molecule is CC(=O)NC1[C@H](O)OC(CO)[C@@H](O[C@@H]2OC(CO)[C@H](O)C(O)[C@@H]2O)[C@@H]1O. The monoisotopic (exact) mass is 383 g/mol. The Balaban J connectivity index is 2.16. The highest BCUT2D eigenvalue weighted by Crippen LogP contribution is 2.28. The molecule has 2 fully saturated rings. The third kappa shape index (κ3) is 4.31. The molecule has 0 aromatic carbocycles. The van der Waals surface area contributed by atoms with E-state index in [9.17, 15) is 40.5 Å². The standard InChI is InChI=1S/C14H25NO11/c1-4(18)15-7-9(20)12(6(3-17)24-13(7)23)26-14-11(22)10(21)8(19)5(2-16)25-14/h5-14,16-17,19-23H,2-3H2,1H3,(H,15,18)/t5?,6?,7?,8-,9+,10?,11-,12+,13+,14-/m0/s1. The van der Waals surface area contributed by atoms with Crippen LogP contribution in [0.1, 0.15) is 6.92 Å². The summed E-state index contributed by atoms with van der Waals surface area (Å²) in [5, 5.41) is 70.7. The molecule has 1 amide bonds. The smallest absolute Gasteiger partial charge is 0.217 e. The molecule has 0 radical (unpaired) electrons. The minimum Gasteiger partial charge on any atom is -0.394 e. The summed E-state index contributed by atoms with van der Waals surface area (Å²) in [6.45, 7) is -0.195. The van der Waals surface area contributed by atoms with Crippen LogP contribution in [0.5, 0.6) is 0 Å². The molecular weight excluding hydrogens is 358 g/mol. The second-order valence-corrected chi connectivity index (χ2v) is 6.26. The summed E-state index contributed by atoms with van der Waals surface area (Å²) in [5.41, 5.74) is 0. The fourth-order valence-corrected chi connectivity index (χ4v) is 2.98. The first-order chi connectivity index (χ1) is 12.2. The van der Waals surface area contributed by atoms with E-state index in [1.165, 1.54) is 0 Å². The highest BCUT2D eigenvalue weighted by molar-refractivity contribution is 5.73. The zero-order valence-corrected chi connectivity index (χ0v) is 14.0. The Morgan fingerprint density at radius 3 is 2.08 bits per heavy atom. The van der Waals surface area contributed by atoms with E-state index >= 15 is 0 Å². The van der Waals surface area contributed by atoms with Gasteiger partial charge in [0, 0.05) is 6.92 Å².